The van der Waals surface area contributed by atoms with E-state index in [1.807, 2.05) is 24.3 Å². The van der Waals surface area contributed by atoms with E-state index in [2.05, 4.69) is 0 Å². The Morgan fingerprint density at radius 2 is 1.86 bits per heavy atom. The molecule has 0 radical (unpaired) electrons. The third-order valence-corrected chi connectivity index (χ3v) is 6.25. The second-order valence-electron chi connectivity index (χ2n) is 8.10. The molecular weight excluding hydrogens is 374 g/mol. The van der Waals surface area contributed by atoms with E-state index >= 15 is 0 Å². The van der Waals surface area contributed by atoms with Crippen LogP contribution in [0.2, 0.25) is 0 Å². The number of hydrogen-bond acceptors (Lipinski definition) is 5. The lowest BCUT2D eigenvalue weighted by Crippen LogP contribution is -2.50. The van der Waals surface area contributed by atoms with Crippen LogP contribution < -0.4 is 9.47 Å². The van der Waals surface area contributed by atoms with Gasteiger partial charge in [-0.3, -0.25) is 14.5 Å². The fourth-order valence-electron chi connectivity index (χ4n) is 4.49. The van der Waals surface area contributed by atoms with Gasteiger partial charge < -0.3 is 19.3 Å². The molecule has 2 heterocycles. The number of urea groups is 1. The third kappa shape index (κ3) is 3.41. The van der Waals surface area contributed by atoms with Crippen LogP contribution in [0.15, 0.2) is 24.3 Å². The highest BCUT2D eigenvalue weighted by molar-refractivity contribution is 6.08. The summed E-state index contributed by atoms with van der Waals surface area (Å²) in [6.07, 6.45) is 3.95. The van der Waals surface area contributed by atoms with Gasteiger partial charge in [0, 0.05) is 14.1 Å². The van der Waals surface area contributed by atoms with E-state index in [1.165, 1.54) is 9.80 Å². The second-order valence-corrected chi connectivity index (χ2v) is 8.10. The molecule has 1 saturated heterocycles. The number of para-hydroxylation sites is 2. The topological polar surface area (TPSA) is 79.4 Å². The van der Waals surface area contributed by atoms with Gasteiger partial charge in [0.1, 0.15) is 18.7 Å². The molecule has 4 rings (SSSR count). The van der Waals surface area contributed by atoms with Crippen molar-refractivity contribution >= 4 is 17.8 Å². The number of carbonyl (C=O) groups excluding carboxylic acids is 3. The minimum absolute atomic E-state index is 0.238. The molecule has 4 amide bonds. The summed E-state index contributed by atoms with van der Waals surface area (Å²) in [5.41, 5.74) is -0.766. The molecular formula is C21H27N3O5. The summed E-state index contributed by atoms with van der Waals surface area (Å²) < 4.78 is 11.6. The molecule has 2 aliphatic heterocycles. The number of amides is 4. The minimum Gasteiger partial charge on any atom is -0.486 e. The average molecular weight is 401 g/mol. The van der Waals surface area contributed by atoms with Gasteiger partial charge in [0.25, 0.3) is 5.91 Å². The summed E-state index contributed by atoms with van der Waals surface area (Å²) in [7, 11) is 3.32. The predicted molar refractivity (Wildman–Crippen MR) is 105 cm³/mol. The number of carbonyl (C=O) groups is 3. The van der Waals surface area contributed by atoms with E-state index in [0.717, 1.165) is 24.2 Å². The van der Waals surface area contributed by atoms with Crippen LogP contribution in [0.1, 0.15) is 32.1 Å². The number of fused-ring (bicyclic) bond motifs is 1. The lowest BCUT2D eigenvalue weighted by Gasteiger charge is -2.35. The van der Waals surface area contributed by atoms with Gasteiger partial charge in [0.05, 0.1) is 6.54 Å². The van der Waals surface area contributed by atoms with Crippen LogP contribution in [0.4, 0.5) is 4.79 Å². The zero-order valence-electron chi connectivity index (χ0n) is 16.9. The summed E-state index contributed by atoms with van der Waals surface area (Å²) in [5, 5.41) is 0. The van der Waals surface area contributed by atoms with Gasteiger partial charge in [-0.2, -0.15) is 0 Å². The smallest absolute Gasteiger partial charge is 0.327 e. The maximum Gasteiger partial charge on any atom is 0.327 e. The molecule has 2 fully saturated rings. The zero-order chi connectivity index (χ0) is 20.6. The van der Waals surface area contributed by atoms with Gasteiger partial charge in [-0.15, -0.1) is 0 Å². The highest BCUT2D eigenvalue weighted by atomic mass is 16.6. The van der Waals surface area contributed by atoms with E-state index in [0.29, 0.717) is 37.5 Å². The van der Waals surface area contributed by atoms with Gasteiger partial charge in [-0.25, -0.2) is 4.79 Å². The summed E-state index contributed by atoms with van der Waals surface area (Å²) in [6, 6.07) is 7.01. The Balaban J connectivity index is 1.38. The minimum atomic E-state index is -0.766. The lowest BCUT2D eigenvalue weighted by atomic mass is 9.81. The monoisotopic (exact) mass is 401 g/mol. The average Bonchev–Trinajstić information content (AvgIpc) is 2.90. The van der Waals surface area contributed by atoms with Crippen LogP contribution >= 0.6 is 0 Å². The number of likely N-dealkylation sites (N-methyl/N-ethyl adjacent to an activating group) is 2. The molecule has 0 N–H and O–H groups in total. The first-order valence-corrected chi connectivity index (χ1v) is 10.1. The Morgan fingerprint density at radius 1 is 1.17 bits per heavy atom. The van der Waals surface area contributed by atoms with Crippen LogP contribution in [0, 0.1) is 0 Å². The number of hydrogen-bond donors (Lipinski definition) is 0. The van der Waals surface area contributed by atoms with Crippen LogP contribution in [0.25, 0.3) is 0 Å². The number of imide groups is 1. The number of nitrogens with zero attached hydrogens (tertiary/aromatic N) is 3. The quantitative estimate of drug-likeness (QED) is 0.720. The molecule has 1 saturated carbocycles. The molecule has 0 bridgehead atoms. The van der Waals surface area contributed by atoms with Crippen LogP contribution in [-0.2, 0) is 9.59 Å². The first-order chi connectivity index (χ1) is 13.9. The van der Waals surface area contributed by atoms with E-state index in [9.17, 15) is 14.4 Å². The maximum absolute atomic E-state index is 13.0. The first kappa shape index (κ1) is 19.5. The van der Waals surface area contributed by atoms with Gasteiger partial charge in [-0.1, -0.05) is 31.4 Å². The van der Waals surface area contributed by atoms with Crippen molar-refractivity contribution in [2.75, 3.05) is 33.8 Å². The molecule has 29 heavy (non-hydrogen) atoms. The molecule has 156 valence electrons. The van der Waals surface area contributed by atoms with Gasteiger partial charge >= 0.3 is 6.03 Å². The van der Waals surface area contributed by atoms with Crippen molar-refractivity contribution in [2.45, 2.75) is 43.7 Å². The predicted octanol–water partition coefficient (Wildman–Crippen LogP) is 1.88. The SMILES string of the molecule is CN(C[C@@H]1COc2ccccc2O1)C(=O)CN1C(=O)N(C)C2(CCCCC2)C1=O. The van der Waals surface area contributed by atoms with Crippen molar-refractivity contribution in [3.8, 4) is 11.5 Å². The number of ether oxygens (including phenoxy) is 2. The van der Waals surface area contributed by atoms with Crippen molar-refractivity contribution < 1.29 is 23.9 Å². The molecule has 1 atom stereocenters. The fourth-order valence-corrected chi connectivity index (χ4v) is 4.49. The standard InChI is InChI=1S/C21H27N3O5/c1-22(12-15-14-28-16-8-4-5-9-17(16)29-15)18(25)13-24-19(26)21(23(2)20(24)27)10-6-3-7-11-21/h4-5,8-9,15H,3,6-7,10-14H2,1-2H3/t15-/m1/s1. The lowest BCUT2D eigenvalue weighted by molar-refractivity contribution is -0.140. The van der Waals surface area contributed by atoms with E-state index in [1.54, 1.807) is 14.1 Å². The summed E-state index contributed by atoms with van der Waals surface area (Å²) >= 11 is 0. The molecule has 1 aliphatic carbocycles. The van der Waals surface area contributed by atoms with Crippen molar-refractivity contribution in [1.29, 1.82) is 0 Å². The summed E-state index contributed by atoms with van der Waals surface area (Å²) in [6.45, 7) is 0.400. The van der Waals surface area contributed by atoms with Crippen molar-refractivity contribution in [2.24, 2.45) is 0 Å². The Labute approximate surface area is 170 Å². The molecule has 1 aromatic rings. The molecule has 1 spiro atoms. The van der Waals surface area contributed by atoms with Crippen LogP contribution in [0.3, 0.4) is 0 Å². The summed E-state index contributed by atoms with van der Waals surface area (Å²) in [5.74, 6) is 0.801. The van der Waals surface area contributed by atoms with Gasteiger partial charge in [-0.05, 0) is 25.0 Å². The second kappa shape index (κ2) is 7.57. The molecule has 8 nitrogen and oxygen atoms in total. The third-order valence-electron chi connectivity index (χ3n) is 6.25. The van der Waals surface area contributed by atoms with Gasteiger partial charge in [0.2, 0.25) is 5.91 Å². The van der Waals surface area contributed by atoms with Gasteiger partial charge in [0.15, 0.2) is 17.6 Å². The highest BCUT2D eigenvalue weighted by Crippen LogP contribution is 2.39. The first-order valence-electron chi connectivity index (χ1n) is 10.1. The van der Waals surface area contributed by atoms with E-state index < -0.39 is 5.54 Å². The molecule has 8 heteroatoms. The van der Waals surface area contributed by atoms with E-state index in [-0.39, 0.29) is 30.5 Å². The number of rotatable bonds is 4. The van der Waals surface area contributed by atoms with E-state index in [4.69, 9.17) is 9.47 Å². The van der Waals surface area contributed by atoms with Crippen molar-refractivity contribution in [3.05, 3.63) is 24.3 Å². The Kier molecular flexibility index (Phi) is 5.10. The zero-order valence-corrected chi connectivity index (χ0v) is 16.9. The maximum atomic E-state index is 13.0. The summed E-state index contributed by atoms with van der Waals surface area (Å²) in [4.78, 5) is 42.6. The van der Waals surface area contributed by atoms with Crippen molar-refractivity contribution in [3.63, 3.8) is 0 Å². The Hall–Kier alpha value is -2.77. The molecule has 3 aliphatic rings. The van der Waals surface area contributed by atoms with Crippen LogP contribution in [0.5, 0.6) is 11.5 Å². The molecule has 0 aromatic heterocycles. The number of benzene rings is 1. The molecule has 0 unspecified atom stereocenters. The largest absolute Gasteiger partial charge is 0.486 e. The highest BCUT2D eigenvalue weighted by Gasteiger charge is 2.55. The normalized spacial score (nSPS) is 22.9. The fraction of sp³-hybridized carbons (Fsp3) is 0.571. The molecule has 1 aromatic carbocycles. The Bertz CT molecular complexity index is 820. The van der Waals surface area contributed by atoms with Crippen LogP contribution in [-0.4, -0.2) is 78.0 Å². The Morgan fingerprint density at radius 3 is 2.59 bits per heavy atom. The van der Waals surface area contributed by atoms with Crippen molar-refractivity contribution in [1.82, 2.24) is 14.7 Å².